The predicted octanol–water partition coefficient (Wildman–Crippen LogP) is 5.08. The van der Waals surface area contributed by atoms with Crippen LogP contribution in [0.3, 0.4) is 0 Å². The number of non-ortho nitro benzene ring substituents is 1. The van der Waals surface area contributed by atoms with E-state index in [1.165, 1.54) is 12.1 Å². The fourth-order valence-corrected chi connectivity index (χ4v) is 3.81. The molecule has 1 aromatic heterocycles. The van der Waals surface area contributed by atoms with Gasteiger partial charge in [-0.15, -0.1) is 0 Å². The van der Waals surface area contributed by atoms with Gasteiger partial charge in [0.1, 0.15) is 17.2 Å². The molecule has 0 unspecified atom stereocenters. The Hall–Kier alpha value is -3.32. The van der Waals surface area contributed by atoms with Crippen LogP contribution < -0.4 is 4.74 Å². The van der Waals surface area contributed by atoms with Crippen LogP contribution in [0.4, 0.5) is 5.69 Å². The molecule has 0 amide bonds. The number of fused-ring (bicyclic) bond motifs is 3. The molecule has 140 valence electrons. The first-order valence-corrected chi connectivity index (χ1v) is 9.08. The van der Waals surface area contributed by atoms with Crippen molar-refractivity contribution >= 4 is 23.0 Å². The maximum atomic E-state index is 11.0. The van der Waals surface area contributed by atoms with E-state index in [9.17, 15) is 10.1 Å². The highest BCUT2D eigenvalue weighted by atomic mass is 35.5. The Kier molecular flexibility index (Phi) is 3.84. The number of nitro groups is 1. The average Bonchev–Trinajstić information content (AvgIpc) is 3.37. The molecular weight excluding hydrogens is 382 g/mol. The zero-order valence-electron chi connectivity index (χ0n) is 14.5. The Morgan fingerprint density at radius 2 is 2.00 bits per heavy atom. The number of hydrazone groups is 1. The third kappa shape index (κ3) is 2.71. The molecule has 8 heteroatoms. The number of hydrogen-bond acceptors (Lipinski definition) is 6. The molecule has 0 saturated heterocycles. The highest BCUT2D eigenvalue weighted by molar-refractivity contribution is 6.30. The molecule has 0 aliphatic carbocycles. The average molecular weight is 396 g/mol. The van der Waals surface area contributed by atoms with Gasteiger partial charge >= 0.3 is 0 Å². The lowest BCUT2D eigenvalue weighted by Crippen LogP contribution is -2.33. The molecule has 0 fully saturated rings. The molecule has 3 aromatic rings. The summed E-state index contributed by atoms with van der Waals surface area (Å²) in [6.07, 6.45) is 1.75. The molecule has 2 aliphatic heterocycles. The topological polar surface area (TPSA) is 81.1 Å². The van der Waals surface area contributed by atoms with Crippen molar-refractivity contribution in [1.82, 2.24) is 5.01 Å². The molecule has 0 radical (unpaired) electrons. The molecular formula is C20H14ClN3O4. The zero-order valence-corrected chi connectivity index (χ0v) is 15.2. The predicted molar refractivity (Wildman–Crippen MR) is 102 cm³/mol. The van der Waals surface area contributed by atoms with E-state index in [4.69, 9.17) is 25.9 Å². The van der Waals surface area contributed by atoms with Crippen molar-refractivity contribution in [3.63, 3.8) is 0 Å². The fourth-order valence-electron chi connectivity index (χ4n) is 3.63. The van der Waals surface area contributed by atoms with Gasteiger partial charge in [-0.05, 0) is 42.5 Å². The van der Waals surface area contributed by atoms with E-state index in [2.05, 4.69) is 0 Å². The van der Waals surface area contributed by atoms with Crippen molar-refractivity contribution in [3.8, 4) is 5.75 Å². The quantitative estimate of drug-likeness (QED) is 0.456. The van der Waals surface area contributed by atoms with E-state index in [1.54, 1.807) is 24.5 Å². The second kappa shape index (κ2) is 6.38. The van der Waals surface area contributed by atoms with Gasteiger partial charge < -0.3 is 9.15 Å². The molecule has 28 heavy (non-hydrogen) atoms. The maximum Gasteiger partial charge on any atom is 0.269 e. The summed E-state index contributed by atoms with van der Waals surface area (Å²) >= 11 is 6.21. The number of nitro benzene ring substituents is 1. The normalized spacial score (nSPS) is 20.2. The largest absolute Gasteiger partial charge is 0.464 e. The van der Waals surface area contributed by atoms with Crippen molar-refractivity contribution in [1.29, 1.82) is 0 Å². The van der Waals surface area contributed by atoms with Crippen molar-refractivity contribution in [2.75, 3.05) is 0 Å². The van der Waals surface area contributed by atoms with E-state index in [0.29, 0.717) is 17.2 Å². The van der Waals surface area contributed by atoms with Gasteiger partial charge in [-0.3, -0.25) is 10.1 Å². The first kappa shape index (κ1) is 16.8. The first-order valence-electron chi connectivity index (χ1n) is 8.70. The number of hydrogen-bond donors (Lipinski definition) is 0. The Labute approximate surface area is 164 Å². The zero-order chi connectivity index (χ0) is 19.3. The van der Waals surface area contributed by atoms with E-state index in [1.807, 2.05) is 29.3 Å². The van der Waals surface area contributed by atoms with E-state index in [0.717, 1.165) is 22.6 Å². The number of benzene rings is 2. The van der Waals surface area contributed by atoms with Crippen LogP contribution in [0.2, 0.25) is 5.02 Å². The summed E-state index contributed by atoms with van der Waals surface area (Å²) in [4.78, 5) is 10.5. The van der Waals surface area contributed by atoms with Gasteiger partial charge in [0.05, 0.1) is 17.2 Å². The minimum atomic E-state index is -0.507. The fraction of sp³-hybridized carbons (Fsp3) is 0.150. The van der Waals surface area contributed by atoms with Crippen molar-refractivity contribution in [2.24, 2.45) is 5.10 Å². The van der Waals surface area contributed by atoms with Crippen LogP contribution in [0, 0.1) is 10.1 Å². The molecule has 7 nitrogen and oxygen atoms in total. The molecule has 2 atom stereocenters. The van der Waals surface area contributed by atoms with E-state index in [-0.39, 0.29) is 11.7 Å². The van der Waals surface area contributed by atoms with Gasteiger partial charge in [0.15, 0.2) is 0 Å². The number of ether oxygens (including phenoxy) is 1. The Bertz CT molecular complexity index is 1080. The van der Waals surface area contributed by atoms with Crippen molar-refractivity contribution in [3.05, 3.63) is 92.9 Å². The third-order valence-electron chi connectivity index (χ3n) is 4.95. The number of nitrogens with zero attached hydrogens (tertiary/aromatic N) is 3. The third-order valence-corrected chi connectivity index (χ3v) is 5.18. The summed E-state index contributed by atoms with van der Waals surface area (Å²) in [5.74, 6) is 1.44. The number of halogens is 1. The molecule has 0 spiro atoms. The second-order valence-electron chi connectivity index (χ2n) is 6.62. The summed E-state index contributed by atoms with van der Waals surface area (Å²) in [7, 11) is 0. The standard InChI is InChI=1S/C20H14ClN3O4/c21-13-5-8-18-15(10-13)17-11-16(19-2-1-9-27-19)22-23(17)20(28-18)12-3-6-14(7-4-12)24(25)26/h1-10,17,20H,11H2/t17-,20-/m1/s1. The van der Waals surface area contributed by atoms with Crippen molar-refractivity contribution < 1.29 is 14.1 Å². The van der Waals surface area contributed by atoms with Gasteiger partial charge in [0, 0.05) is 34.7 Å². The summed E-state index contributed by atoms with van der Waals surface area (Å²) in [5.41, 5.74) is 2.58. The Morgan fingerprint density at radius 3 is 2.71 bits per heavy atom. The van der Waals surface area contributed by atoms with Crippen molar-refractivity contribution in [2.45, 2.75) is 18.7 Å². The Morgan fingerprint density at radius 1 is 1.18 bits per heavy atom. The molecule has 0 bridgehead atoms. The van der Waals surface area contributed by atoms with Gasteiger partial charge in [0.25, 0.3) is 5.69 Å². The van der Waals surface area contributed by atoms with Crippen LogP contribution in [0.15, 0.2) is 70.4 Å². The van der Waals surface area contributed by atoms with Crippen LogP contribution in [0.5, 0.6) is 5.75 Å². The summed E-state index contributed by atoms with van der Waals surface area (Å²) in [5, 5.41) is 18.2. The maximum absolute atomic E-state index is 11.0. The molecule has 2 aliphatic rings. The van der Waals surface area contributed by atoms with Crippen LogP contribution in [-0.2, 0) is 0 Å². The van der Waals surface area contributed by atoms with Gasteiger partial charge in [-0.1, -0.05) is 11.6 Å². The summed E-state index contributed by atoms with van der Waals surface area (Å²) in [6.45, 7) is 0. The van der Waals surface area contributed by atoms with Gasteiger partial charge in [0.2, 0.25) is 6.23 Å². The minimum absolute atomic E-state index is 0.0319. The SMILES string of the molecule is O=[N+]([O-])c1ccc([C@H]2Oc3ccc(Cl)cc3[C@H]3CC(c4ccco4)=NN32)cc1. The first-order chi connectivity index (χ1) is 13.6. The lowest BCUT2D eigenvalue weighted by Gasteiger charge is -2.38. The molecule has 3 heterocycles. The Balaban J connectivity index is 1.58. The minimum Gasteiger partial charge on any atom is -0.464 e. The lowest BCUT2D eigenvalue weighted by atomic mass is 9.97. The monoisotopic (exact) mass is 395 g/mol. The van der Waals surface area contributed by atoms with Crippen LogP contribution in [-0.4, -0.2) is 15.6 Å². The summed E-state index contributed by atoms with van der Waals surface area (Å²) < 4.78 is 11.7. The van der Waals surface area contributed by atoms with Gasteiger partial charge in [-0.25, -0.2) is 5.01 Å². The smallest absolute Gasteiger partial charge is 0.269 e. The van der Waals surface area contributed by atoms with Gasteiger partial charge in [-0.2, -0.15) is 5.10 Å². The van der Waals surface area contributed by atoms with Crippen LogP contribution >= 0.6 is 11.6 Å². The highest BCUT2D eigenvalue weighted by Gasteiger charge is 2.41. The second-order valence-corrected chi connectivity index (χ2v) is 7.06. The van der Waals surface area contributed by atoms with Crippen LogP contribution in [0.25, 0.3) is 0 Å². The highest BCUT2D eigenvalue weighted by Crippen LogP contribution is 2.48. The van der Waals surface area contributed by atoms with E-state index >= 15 is 0 Å². The molecule has 0 saturated carbocycles. The molecule has 2 aromatic carbocycles. The number of rotatable bonds is 3. The van der Waals surface area contributed by atoms with Crippen LogP contribution in [0.1, 0.15) is 35.6 Å². The summed E-state index contributed by atoms with van der Waals surface area (Å²) in [6, 6.07) is 15.5. The molecule has 5 rings (SSSR count). The lowest BCUT2D eigenvalue weighted by molar-refractivity contribution is -0.384. The van der Waals surface area contributed by atoms with E-state index < -0.39 is 11.2 Å². The molecule has 0 N–H and O–H groups in total. The number of furan rings is 1.